The van der Waals surface area contributed by atoms with Gasteiger partial charge in [-0.05, 0) is 12.1 Å². The Morgan fingerprint density at radius 3 is 2.78 bits per heavy atom. The van der Waals surface area contributed by atoms with Crippen molar-refractivity contribution in [3.8, 4) is 0 Å². The summed E-state index contributed by atoms with van der Waals surface area (Å²) in [7, 11) is 0. The van der Waals surface area contributed by atoms with Crippen molar-refractivity contribution >= 4 is 22.5 Å². The van der Waals surface area contributed by atoms with E-state index in [1.165, 1.54) is 28.8 Å². The first-order chi connectivity index (χ1) is 10.8. The fraction of sp³-hybridized carbons (Fsp3) is 0.267. The summed E-state index contributed by atoms with van der Waals surface area (Å²) in [6, 6.07) is 3.97. The molecule has 0 bridgehead atoms. The molecular weight excluding hydrogens is 308 g/mol. The molecule has 23 heavy (non-hydrogen) atoms. The van der Waals surface area contributed by atoms with Crippen LogP contribution < -0.4 is 5.56 Å². The summed E-state index contributed by atoms with van der Waals surface area (Å²) < 4.78 is 28.4. The van der Waals surface area contributed by atoms with Gasteiger partial charge in [0, 0.05) is 18.9 Å². The van der Waals surface area contributed by atoms with Crippen LogP contribution in [-0.4, -0.2) is 25.4 Å². The molecule has 0 aliphatic rings. The van der Waals surface area contributed by atoms with Gasteiger partial charge in [0.25, 0.3) is 11.5 Å². The molecule has 1 aromatic carbocycles. The van der Waals surface area contributed by atoms with Gasteiger partial charge in [-0.15, -0.1) is 0 Å². The van der Waals surface area contributed by atoms with Crippen LogP contribution in [0.25, 0.3) is 16.6 Å². The Bertz CT molecular complexity index is 970. The van der Waals surface area contributed by atoms with Crippen molar-refractivity contribution in [2.24, 2.45) is 0 Å². The summed E-state index contributed by atoms with van der Waals surface area (Å²) >= 11 is 0. The fourth-order valence-corrected chi connectivity index (χ4v) is 2.50. The summed E-state index contributed by atoms with van der Waals surface area (Å²) in [6.07, 6.45) is 1.34. The first-order valence-electron chi connectivity index (χ1n) is 6.90. The van der Waals surface area contributed by atoms with E-state index in [4.69, 9.17) is 5.11 Å². The molecule has 2 aromatic heterocycles. The van der Waals surface area contributed by atoms with Gasteiger partial charge >= 0.3 is 5.97 Å². The lowest BCUT2D eigenvalue weighted by Crippen LogP contribution is -2.13. The predicted octanol–water partition coefficient (Wildman–Crippen LogP) is 2.30. The zero-order valence-electron chi connectivity index (χ0n) is 12.1. The number of halogens is 2. The van der Waals surface area contributed by atoms with Crippen LogP contribution >= 0.6 is 0 Å². The minimum absolute atomic E-state index is 0.133. The van der Waals surface area contributed by atoms with Crippen LogP contribution in [0.3, 0.4) is 0 Å². The zero-order chi connectivity index (χ0) is 16.8. The maximum atomic E-state index is 13.4. The van der Waals surface area contributed by atoms with Crippen molar-refractivity contribution in [2.45, 2.75) is 25.7 Å². The van der Waals surface area contributed by atoms with Gasteiger partial charge in [0.1, 0.15) is 11.3 Å². The highest BCUT2D eigenvalue weighted by Crippen LogP contribution is 2.29. The summed E-state index contributed by atoms with van der Waals surface area (Å²) in [4.78, 5) is 29.5. The van der Waals surface area contributed by atoms with Crippen LogP contribution in [0.4, 0.5) is 8.78 Å². The second-order valence-corrected chi connectivity index (χ2v) is 5.36. The van der Waals surface area contributed by atoms with Gasteiger partial charge in [0.05, 0.1) is 23.7 Å². The third-order valence-corrected chi connectivity index (χ3v) is 3.62. The summed E-state index contributed by atoms with van der Waals surface area (Å²) in [6.45, 7) is 0.778. The van der Waals surface area contributed by atoms with Crippen molar-refractivity contribution in [3.05, 3.63) is 46.1 Å². The molecule has 0 fully saturated rings. The molecule has 0 atom stereocenters. The minimum atomic E-state index is -3.03. The molecule has 2 N–H and O–H groups in total. The number of aliphatic carboxylic acids is 1. The lowest BCUT2D eigenvalue weighted by atomic mass is 10.1. The number of carboxylic acids is 1. The summed E-state index contributed by atoms with van der Waals surface area (Å²) in [5.74, 6) is -3.61. The van der Waals surface area contributed by atoms with Crippen LogP contribution in [0.15, 0.2) is 29.2 Å². The number of alkyl halides is 2. The average Bonchev–Trinajstić information content (AvgIpc) is 2.88. The molecule has 2 heterocycles. The van der Waals surface area contributed by atoms with E-state index in [0.717, 1.165) is 6.92 Å². The topological polar surface area (TPSA) is 87.5 Å². The Morgan fingerprint density at radius 1 is 1.39 bits per heavy atom. The number of fused-ring (bicyclic) bond motifs is 3. The molecule has 0 aliphatic carbocycles. The molecule has 0 amide bonds. The molecule has 8 heteroatoms. The van der Waals surface area contributed by atoms with Gasteiger partial charge in [0.15, 0.2) is 0 Å². The quantitative estimate of drug-likeness (QED) is 0.772. The van der Waals surface area contributed by atoms with Crippen molar-refractivity contribution in [2.75, 3.05) is 0 Å². The first kappa shape index (κ1) is 15.1. The van der Waals surface area contributed by atoms with Gasteiger partial charge in [-0.3, -0.25) is 14.0 Å². The molecule has 120 valence electrons. The largest absolute Gasteiger partial charge is 0.481 e. The number of aromatic nitrogens is 3. The second-order valence-electron chi connectivity index (χ2n) is 5.36. The van der Waals surface area contributed by atoms with Gasteiger partial charge in [-0.25, -0.2) is 13.8 Å². The molecule has 0 aliphatic heterocycles. The van der Waals surface area contributed by atoms with E-state index in [0.29, 0.717) is 11.3 Å². The lowest BCUT2D eigenvalue weighted by Gasteiger charge is -2.12. The van der Waals surface area contributed by atoms with Crippen LogP contribution in [0.2, 0.25) is 0 Å². The Morgan fingerprint density at radius 2 is 2.13 bits per heavy atom. The summed E-state index contributed by atoms with van der Waals surface area (Å²) in [5.41, 5.74) is 0.297. The number of carboxylic acid groups (broad SMARTS) is 1. The molecule has 3 rings (SSSR count). The molecule has 0 unspecified atom stereocenters. The third kappa shape index (κ3) is 2.67. The smallest absolute Gasteiger partial charge is 0.303 e. The number of nitrogens with zero attached hydrogens (tertiary/aromatic N) is 2. The standard InChI is InChI=1S/C15H13F2N3O3/c1-15(16,17)8-2-3-10-9(6-8)19-14(23)11-7-18-12(20(10)11)4-5-13(21)22/h2-3,6-7H,4-5H2,1H3,(H,19,23)(H,21,22). The van der Waals surface area contributed by atoms with Crippen molar-refractivity contribution in [1.29, 1.82) is 0 Å². The number of rotatable bonds is 4. The number of hydrogen-bond acceptors (Lipinski definition) is 3. The van der Waals surface area contributed by atoms with Gasteiger partial charge in [-0.2, -0.15) is 0 Å². The number of aryl methyl sites for hydroxylation is 1. The fourth-order valence-electron chi connectivity index (χ4n) is 2.50. The Hall–Kier alpha value is -2.77. The van der Waals surface area contributed by atoms with E-state index in [1.807, 2.05) is 0 Å². The maximum absolute atomic E-state index is 13.4. The molecule has 0 spiro atoms. The van der Waals surface area contributed by atoms with E-state index in [2.05, 4.69) is 9.97 Å². The second kappa shape index (κ2) is 5.15. The van der Waals surface area contributed by atoms with Gasteiger partial charge in [0.2, 0.25) is 0 Å². The Labute approximate surface area is 128 Å². The number of benzene rings is 1. The molecule has 0 radical (unpaired) electrons. The number of imidazole rings is 1. The number of carbonyl (C=O) groups is 1. The van der Waals surface area contributed by atoms with E-state index in [1.54, 1.807) is 0 Å². The molecule has 3 aromatic rings. The first-order valence-corrected chi connectivity index (χ1v) is 6.90. The summed E-state index contributed by atoms with van der Waals surface area (Å²) in [5, 5.41) is 8.79. The predicted molar refractivity (Wildman–Crippen MR) is 78.8 cm³/mol. The van der Waals surface area contributed by atoms with Crippen LogP contribution in [0.5, 0.6) is 0 Å². The number of hydrogen-bond donors (Lipinski definition) is 2. The molecule has 0 saturated carbocycles. The van der Waals surface area contributed by atoms with Crippen molar-refractivity contribution in [3.63, 3.8) is 0 Å². The van der Waals surface area contributed by atoms with E-state index >= 15 is 0 Å². The lowest BCUT2D eigenvalue weighted by molar-refractivity contribution is -0.137. The van der Waals surface area contributed by atoms with Gasteiger partial charge in [-0.1, -0.05) is 6.07 Å². The Balaban J connectivity index is 2.26. The third-order valence-electron chi connectivity index (χ3n) is 3.62. The average molecular weight is 321 g/mol. The molecule has 0 saturated heterocycles. The monoisotopic (exact) mass is 321 g/mol. The van der Waals surface area contributed by atoms with E-state index in [-0.39, 0.29) is 29.4 Å². The highest BCUT2D eigenvalue weighted by atomic mass is 19.3. The normalized spacial score (nSPS) is 12.1. The number of aromatic amines is 1. The van der Waals surface area contributed by atoms with Crippen LogP contribution in [-0.2, 0) is 17.1 Å². The SMILES string of the molecule is CC(F)(F)c1ccc2c(c1)[nH]c(=O)c1cnc(CCC(=O)O)n12. The maximum Gasteiger partial charge on any atom is 0.303 e. The van der Waals surface area contributed by atoms with E-state index < -0.39 is 17.5 Å². The number of H-pyrrole nitrogens is 1. The van der Waals surface area contributed by atoms with E-state index in [9.17, 15) is 18.4 Å². The number of nitrogens with one attached hydrogen (secondary N) is 1. The minimum Gasteiger partial charge on any atom is -0.481 e. The highest BCUT2D eigenvalue weighted by Gasteiger charge is 2.25. The van der Waals surface area contributed by atoms with Crippen LogP contribution in [0, 0.1) is 0 Å². The zero-order valence-corrected chi connectivity index (χ0v) is 12.1. The molecule has 6 nitrogen and oxygen atoms in total. The van der Waals surface area contributed by atoms with Crippen molar-refractivity contribution in [1.82, 2.24) is 14.4 Å². The highest BCUT2D eigenvalue weighted by molar-refractivity contribution is 5.79. The Kier molecular flexibility index (Phi) is 3.39. The molecular formula is C15H13F2N3O3. The van der Waals surface area contributed by atoms with Crippen molar-refractivity contribution < 1.29 is 18.7 Å². The van der Waals surface area contributed by atoms with Gasteiger partial charge < -0.3 is 10.1 Å². The van der Waals surface area contributed by atoms with Crippen LogP contribution in [0.1, 0.15) is 24.7 Å².